The largest absolute Gasteiger partial charge is 0.345 e. The summed E-state index contributed by atoms with van der Waals surface area (Å²) < 4.78 is 0. The molecular formula is C15H22N4. The van der Waals surface area contributed by atoms with Crippen molar-refractivity contribution in [3.05, 3.63) is 30.1 Å². The van der Waals surface area contributed by atoms with Gasteiger partial charge in [0.25, 0.3) is 0 Å². The van der Waals surface area contributed by atoms with E-state index in [1.54, 1.807) is 6.33 Å². The average molecular weight is 258 g/mol. The zero-order chi connectivity index (χ0) is 13.1. The fourth-order valence-electron chi connectivity index (χ4n) is 2.97. The van der Waals surface area contributed by atoms with Gasteiger partial charge in [0.1, 0.15) is 0 Å². The van der Waals surface area contributed by atoms with Gasteiger partial charge < -0.3 is 15.2 Å². The molecule has 1 saturated heterocycles. The van der Waals surface area contributed by atoms with Crippen molar-refractivity contribution in [3.63, 3.8) is 0 Å². The number of hydrogen-bond donors (Lipinski definition) is 2. The molecule has 1 aliphatic rings. The van der Waals surface area contributed by atoms with Crippen molar-refractivity contribution in [1.82, 2.24) is 20.2 Å². The molecule has 1 aromatic heterocycles. The Hall–Kier alpha value is -1.39. The number of nitrogens with zero attached hydrogens (tertiary/aromatic N) is 2. The smallest absolute Gasteiger partial charge is 0.0931 e. The second-order valence-electron chi connectivity index (χ2n) is 5.40. The van der Waals surface area contributed by atoms with Crippen molar-refractivity contribution in [1.29, 1.82) is 0 Å². The van der Waals surface area contributed by atoms with Gasteiger partial charge in [-0.2, -0.15) is 0 Å². The van der Waals surface area contributed by atoms with Crippen LogP contribution in [-0.2, 0) is 0 Å². The average Bonchev–Trinajstić information content (AvgIpc) is 2.93. The summed E-state index contributed by atoms with van der Waals surface area (Å²) >= 11 is 0. The van der Waals surface area contributed by atoms with Crippen molar-refractivity contribution in [3.8, 4) is 0 Å². The summed E-state index contributed by atoms with van der Waals surface area (Å²) in [6.45, 7) is 4.69. The number of likely N-dealkylation sites (tertiary alicyclic amines) is 1. The van der Waals surface area contributed by atoms with Crippen molar-refractivity contribution in [2.75, 3.05) is 33.2 Å². The lowest BCUT2D eigenvalue weighted by atomic mass is 9.89. The molecule has 0 amide bonds. The third-order valence-corrected chi connectivity index (χ3v) is 4.18. The minimum absolute atomic E-state index is 0.707. The zero-order valence-corrected chi connectivity index (χ0v) is 11.5. The molecule has 2 heterocycles. The lowest BCUT2D eigenvalue weighted by Crippen LogP contribution is -2.37. The standard InChI is InChI=1S/C15H22N4/c1-16-6-9-19-7-4-12(5-8-19)13-2-3-14-15(10-13)18-11-17-14/h2-3,10-12,16H,4-9H2,1H3,(H,17,18). The Bertz CT molecular complexity index is 526. The molecule has 0 aliphatic carbocycles. The Balaban J connectivity index is 1.64. The number of fused-ring (bicyclic) bond motifs is 1. The van der Waals surface area contributed by atoms with Crippen LogP contribution in [0.5, 0.6) is 0 Å². The summed E-state index contributed by atoms with van der Waals surface area (Å²) in [4.78, 5) is 10.0. The number of nitrogens with one attached hydrogen (secondary N) is 2. The number of piperidine rings is 1. The maximum atomic E-state index is 4.28. The number of aromatic amines is 1. The molecular weight excluding hydrogens is 236 g/mol. The van der Waals surface area contributed by atoms with Gasteiger partial charge in [-0.15, -0.1) is 0 Å². The van der Waals surface area contributed by atoms with Gasteiger partial charge >= 0.3 is 0 Å². The molecule has 4 heteroatoms. The van der Waals surface area contributed by atoms with Crippen molar-refractivity contribution in [2.24, 2.45) is 0 Å². The van der Waals surface area contributed by atoms with Crippen LogP contribution in [0, 0.1) is 0 Å². The van der Waals surface area contributed by atoms with Crippen LogP contribution >= 0.6 is 0 Å². The van der Waals surface area contributed by atoms with E-state index < -0.39 is 0 Å². The number of hydrogen-bond acceptors (Lipinski definition) is 3. The highest BCUT2D eigenvalue weighted by molar-refractivity contribution is 5.75. The molecule has 1 aromatic carbocycles. The summed E-state index contributed by atoms with van der Waals surface area (Å²) in [5.74, 6) is 0.707. The van der Waals surface area contributed by atoms with Gasteiger partial charge in [0.05, 0.1) is 17.4 Å². The molecule has 0 atom stereocenters. The Kier molecular flexibility index (Phi) is 3.80. The van der Waals surface area contributed by atoms with Crippen molar-refractivity contribution < 1.29 is 0 Å². The molecule has 0 bridgehead atoms. The zero-order valence-electron chi connectivity index (χ0n) is 11.5. The second-order valence-corrected chi connectivity index (χ2v) is 5.40. The Morgan fingerprint density at radius 3 is 3.00 bits per heavy atom. The molecule has 0 radical (unpaired) electrons. The fraction of sp³-hybridized carbons (Fsp3) is 0.533. The Morgan fingerprint density at radius 2 is 2.21 bits per heavy atom. The first-order valence-corrected chi connectivity index (χ1v) is 7.17. The maximum Gasteiger partial charge on any atom is 0.0931 e. The van der Waals surface area contributed by atoms with Crippen LogP contribution in [0.1, 0.15) is 24.3 Å². The van der Waals surface area contributed by atoms with Gasteiger partial charge in [0, 0.05) is 13.1 Å². The van der Waals surface area contributed by atoms with Crippen LogP contribution in [0.2, 0.25) is 0 Å². The normalized spacial score (nSPS) is 18.2. The van der Waals surface area contributed by atoms with Crippen LogP contribution in [0.3, 0.4) is 0 Å². The molecule has 2 aromatic rings. The van der Waals surface area contributed by atoms with Crippen molar-refractivity contribution >= 4 is 11.0 Å². The van der Waals surface area contributed by atoms with Gasteiger partial charge in [-0.1, -0.05) is 6.07 Å². The SMILES string of the molecule is CNCCN1CCC(c2ccc3nc[nH]c3c2)CC1. The molecule has 1 fully saturated rings. The molecule has 0 unspecified atom stereocenters. The van der Waals surface area contributed by atoms with Crippen LogP contribution in [0.25, 0.3) is 11.0 Å². The molecule has 2 N–H and O–H groups in total. The topological polar surface area (TPSA) is 44.0 Å². The second kappa shape index (κ2) is 5.72. The summed E-state index contributed by atoms with van der Waals surface area (Å²) in [6.07, 6.45) is 4.31. The van der Waals surface area contributed by atoms with E-state index in [1.165, 1.54) is 38.0 Å². The van der Waals surface area contributed by atoms with E-state index in [0.717, 1.165) is 17.6 Å². The van der Waals surface area contributed by atoms with E-state index in [0.29, 0.717) is 5.92 Å². The number of rotatable bonds is 4. The lowest BCUT2D eigenvalue weighted by molar-refractivity contribution is 0.214. The quantitative estimate of drug-likeness (QED) is 0.881. The molecule has 102 valence electrons. The fourth-order valence-corrected chi connectivity index (χ4v) is 2.97. The van der Waals surface area contributed by atoms with Crippen LogP contribution < -0.4 is 5.32 Å². The third-order valence-electron chi connectivity index (χ3n) is 4.18. The minimum atomic E-state index is 0.707. The van der Waals surface area contributed by atoms with Crippen LogP contribution in [0.4, 0.5) is 0 Å². The van der Waals surface area contributed by atoms with E-state index in [9.17, 15) is 0 Å². The van der Waals surface area contributed by atoms with E-state index in [2.05, 4.69) is 38.4 Å². The van der Waals surface area contributed by atoms with Crippen molar-refractivity contribution in [2.45, 2.75) is 18.8 Å². The number of aromatic nitrogens is 2. The number of likely N-dealkylation sites (N-methyl/N-ethyl adjacent to an activating group) is 1. The van der Waals surface area contributed by atoms with Gasteiger partial charge in [-0.05, 0) is 56.6 Å². The third kappa shape index (κ3) is 2.80. The Morgan fingerprint density at radius 1 is 1.37 bits per heavy atom. The monoisotopic (exact) mass is 258 g/mol. The van der Waals surface area contributed by atoms with Gasteiger partial charge in [-0.3, -0.25) is 0 Å². The predicted octanol–water partition coefficient (Wildman–Crippen LogP) is 1.96. The van der Waals surface area contributed by atoms with E-state index in [-0.39, 0.29) is 0 Å². The first kappa shape index (κ1) is 12.6. The maximum absolute atomic E-state index is 4.28. The summed E-state index contributed by atoms with van der Waals surface area (Å²) in [6, 6.07) is 6.65. The number of imidazole rings is 1. The molecule has 1 aliphatic heterocycles. The summed E-state index contributed by atoms with van der Waals surface area (Å²) in [7, 11) is 2.02. The Labute approximate surface area is 114 Å². The van der Waals surface area contributed by atoms with E-state index >= 15 is 0 Å². The highest BCUT2D eigenvalue weighted by Gasteiger charge is 2.20. The first-order chi connectivity index (χ1) is 9.36. The minimum Gasteiger partial charge on any atom is -0.345 e. The van der Waals surface area contributed by atoms with E-state index in [4.69, 9.17) is 0 Å². The van der Waals surface area contributed by atoms with Gasteiger partial charge in [0.2, 0.25) is 0 Å². The molecule has 0 spiro atoms. The molecule has 0 saturated carbocycles. The number of H-pyrrole nitrogens is 1. The highest BCUT2D eigenvalue weighted by Crippen LogP contribution is 2.29. The molecule has 4 nitrogen and oxygen atoms in total. The predicted molar refractivity (Wildman–Crippen MR) is 78.4 cm³/mol. The van der Waals surface area contributed by atoms with Crippen LogP contribution in [-0.4, -0.2) is 48.1 Å². The van der Waals surface area contributed by atoms with Gasteiger partial charge in [-0.25, -0.2) is 4.98 Å². The molecule has 19 heavy (non-hydrogen) atoms. The van der Waals surface area contributed by atoms with Gasteiger partial charge in [0.15, 0.2) is 0 Å². The van der Waals surface area contributed by atoms with Crippen LogP contribution in [0.15, 0.2) is 24.5 Å². The highest BCUT2D eigenvalue weighted by atomic mass is 15.1. The lowest BCUT2D eigenvalue weighted by Gasteiger charge is -2.32. The molecule has 3 rings (SSSR count). The summed E-state index contributed by atoms with van der Waals surface area (Å²) in [5.41, 5.74) is 3.69. The first-order valence-electron chi connectivity index (χ1n) is 7.17. The summed E-state index contributed by atoms with van der Waals surface area (Å²) in [5, 5.41) is 3.22. The van der Waals surface area contributed by atoms with E-state index in [1.807, 2.05) is 7.05 Å². The number of benzene rings is 1.